The summed E-state index contributed by atoms with van der Waals surface area (Å²) in [5, 5.41) is 7.71. The second-order valence-electron chi connectivity index (χ2n) is 5.68. The van der Waals surface area contributed by atoms with Crippen molar-refractivity contribution >= 4 is 17.0 Å². The molecule has 0 radical (unpaired) electrons. The van der Waals surface area contributed by atoms with Gasteiger partial charge in [-0.15, -0.1) is 0 Å². The molecule has 1 saturated carbocycles. The predicted octanol–water partition coefficient (Wildman–Crippen LogP) is 3.98. The zero-order valence-corrected chi connectivity index (χ0v) is 13.6. The predicted molar refractivity (Wildman–Crippen MR) is 89.9 cm³/mol. The van der Waals surface area contributed by atoms with Gasteiger partial charge in [0.1, 0.15) is 0 Å². The van der Waals surface area contributed by atoms with Gasteiger partial charge in [0.2, 0.25) is 0 Å². The molecular formula is C17H23N3S. The van der Waals surface area contributed by atoms with Crippen molar-refractivity contribution in [2.24, 2.45) is 0 Å². The van der Waals surface area contributed by atoms with Gasteiger partial charge in [-0.25, -0.2) is 0 Å². The molecule has 21 heavy (non-hydrogen) atoms. The molecule has 1 atom stereocenters. The topological polar surface area (TPSA) is 28.2 Å². The van der Waals surface area contributed by atoms with E-state index in [-0.39, 0.29) is 0 Å². The molecule has 2 aromatic heterocycles. The number of hydrogen-bond donors (Lipinski definition) is 1. The summed E-state index contributed by atoms with van der Waals surface area (Å²) in [5.41, 5.74) is 3.78. The summed E-state index contributed by atoms with van der Waals surface area (Å²) in [7, 11) is 2.00. The maximum Gasteiger partial charge on any atom is 0.0574 e. The van der Waals surface area contributed by atoms with Crippen LogP contribution in [0.5, 0.6) is 0 Å². The van der Waals surface area contributed by atoms with E-state index in [2.05, 4.69) is 51.1 Å². The van der Waals surface area contributed by atoms with Crippen LogP contribution in [-0.4, -0.2) is 18.1 Å². The smallest absolute Gasteiger partial charge is 0.0574 e. The monoisotopic (exact) mass is 301 g/mol. The number of thiophene rings is 1. The first-order chi connectivity index (χ1) is 10.3. The number of nitrogens with one attached hydrogen (secondary N) is 1. The standard InChI is InChI=1S/C17H23N3S/c1-3-16(18-2)17-7-6-15(10-19-17)20(14-4-5-14)11-13-8-9-21-12-13/h6-10,12,14,16,18H,3-5,11H2,1-2H3. The fraction of sp³-hybridized carbons (Fsp3) is 0.471. The van der Waals surface area contributed by atoms with Crippen molar-refractivity contribution in [1.29, 1.82) is 0 Å². The lowest BCUT2D eigenvalue weighted by Crippen LogP contribution is -2.25. The third-order valence-corrected chi connectivity index (χ3v) is 4.87. The first kappa shape index (κ1) is 14.5. The summed E-state index contributed by atoms with van der Waals surface area (Å²) in [5.74, 6) is 0. The molecule has 1 aliphatic carbocycles. The first-order valence-corrected chi connectivity index (χ1v) is 8.67. The molecule has 1 unspecified atom stereocenters. The summed E-state index contributed by atoms with van der Waals surface area (Å²) < 4.78 is 0. The molecule has 1 aliphatic rings. The second kappa shape index (κ2) is 6.58. The number of pyridine rings is 1. The van der Waals surface area contributed by atoms with Crippen LogP contribution in [0.4, 0.5) is 5.69 Å². The average molecular weight is 301 g/mol. The van der Waals surface area contributed by atoms with E-state index < -0.39 is 0 Å². The van der Waals surface area contributed by atoms with Crippen LogP contribution in [-0.2, 0) is 6.54 Å². The molecule has 1 N–H and O–H groups in total. The van der Waals surface area contributed by atoms with Gasteiger partial charge in [0.05, 0.1) is 17.6 Å². The van der Waals surface area contributed by atoms with Gasteiger partial charge >= 0.3 is 0 Å². The van der Waals surface area contributed by atoms with E-state index in [1.165, 1.54) is 24.1 Å². The normalized spacial score (nSPS) is 15.9. The molecular weight excluding hydrogens is 278 g/mol. The Morgan fingerprint density at radius 3 is 2.76 bits per heavy atom. The largest absolute Gasteiger partial charge is 0.363 e. The molecule has 0 aliphatic heterocycles. The highest BCUT2D eigenvalue weighted by molar-refractivity contribution is 7.07. The molecule has 3 rings (SSSR count). The summed E-state index contributed by atoms with van der Waals surface area (Å²) in [6, 6.07) is 7.67. The van der Waals surface area contributed by atoms with Crippen LogP contribution in [0.3, 0.4) is 0 Å². The molecule has 0 amide bonds. The minimum atomic E-state index is 0.352. The van der Waals surface area contributed by atoms with Crippen LogP contribution in [0.15, 0.2) is 35.2 Å². The lowest BCUT2D eigenvalue weighted by molar-refractivity contribution is 0.561. The minimum Gasteiger partial charge on any atom is -0.363 e. The number of hydrogen-bond acceptors (Lipinski definition) is 4. The average Bonchev–Trinajstić information content (AvgIpc) is 3.23. The van der Waals surface area contributed by atoms with E-state index in [4.69, 9.17) is 0 Å². The van der Waals surface area contributed by atoms with Gasteiger partial charge in [-0.1, -0.05) is 6.92 Å². The highest BCUT2D eigenvalue weighted by Gasteiger charge is 2.29. The molecule has 2 aromatic rings. The third-order valence-electron chi connectivity index (χ3n) is 4.14. The summed E-state index contributed by atoms with van der Waals surface area (Å²) in [6.07, 6.45) is 5.71. The van der Waals surface area contributed by atoms with Crippen LogP contribution >= 0.6 is 11.3 Å². The quantitative estimate of drug-likeness (QED) is 0.838. The van der Waals surface area contributed by atoms with Crippen molar-refractivity contribution < 1.29 is 0 Å². The highest BCUT2D eigenvalue weighted by Crippen LogP contribution is 2.33. The maximum absolute atomic E-state index is 4.68. The summed E-state index contributed by atoms with van der Waals surface area (Å²) in [6.45, 7) is 3.18. The van der Waals surface area contributed by atoms with Gasteiger partial charge in [-0.2, -0.15) is 11.3 Å². The lowest BCUT2D eigenvalue weighted by Gasteiger charge is -2.24. The van der Waals surface area contributed by atoms with Gasteiger partial charge < -0.3 is 10.2 Å². The molecule has 0 saturated heterocycles. The molecule has 112 valence electrons. The Kier molecular flexibility index (Phi) is 4.56. The van der Waals surface area contributed by atoms with E-state index >= 15 is 0 Å². The van der Waals surface area contributed by atoms with Crippen LogP contribution in [0.2, 0.25) is 0 Å². The number of anilines is 1. The van der Waals surface area contributed by atoms with Gasteiger partial charge in [0, 0.05) is 18.6 Å². The third kappa shape index (κ3) is 3.44. The zero-order valence-electron chi connectivity index (χ0n) is 12.7. The van der Waals surface area contributed by atoms with E-state index in [1.807, 2.05) is 13.2 Å². The Labute approximate surface area is 131 Å². The maximum atomic E-state index is 4.68. The number of nitrogens with zero attached hydrogens (tertiary/aromatic N) is 2. The van der Waals surface area contributed by atoms with E-state index in [9.17, 15) is 0 Å². The Balaban J connectivity index is 1.76. The Morgan fingerprint density at radius 2 is 2.24 bits per heavy atom. The molecule has 4 heteroatoms. The van der Waals surface area contributed by atoms with Gasteiger partial charge in [0.25, 0.3) is 0 Å². The molecule has 0 spiro atoms. The van der Waals surface area contributed by atoms with Crippen molar-refractivity contribution in [3.05, 3.63) is 46.4 Å². The Morgan fingerprint density at radius 1 is 1.38 bits per heavy atom. The van der Waals surface area contributed by atoms with Crippen molar-refractivity contribution in [1.82, 2.24) is 10.3 Å². The van der Waals surface area contributed by atoms with Crippen LogP contribution < -0.4 is 10.2 Å². The molecule has 1 fully saturated rings. The van der Waals surface area contributed by atoms with Crippen LogP contribution in [0.25, 0.3) is 0 Å². The number of aromatic nitrogens is 1. The lowest BCUT2D eigenvalue weighted by atomic mass is 10.1. The van der Waals surface area contributed by atoms with Gasteiger partial charge in [0.15, 0.2) is 0 Å². The molecule has 3 nitrogen and oxygen atoms in total. The minimum absolute atomic E-state index is 0.352. The van der Waals surface area contributed by atoms with Crippen molar-refractivity contribution in [2.75, 3.05) is 11.9 Å². The van der Waals surface area contributed by atoms with Gasteiger partial charge in [-0.3, -0.25) is 4.98 Å². The van der Waals surface area contributed by atoms with E-state index in [1.54, 1.807) is 11.3 Å². The molecule has 0 aromatic carbocycles. The Bertz CT molecular complexity index is 542. The Hall–Kier alpha value is -1.39. The van der Waals surface area contributed by atoms with E-state index in [0.717, 1.165) is 18.7 Å². The van der Waals surface area contributed by atoms with Crippen molar-refractivity contribution in [2.45, 2.75) is 44.8 Å². The first-order valence-electron chi connectivity index (χ1n) is 7.72. The zero-order chi connectivity index (χ0) is 14.7. The number of rotatable bonds is 7. The fourth-order valence-corrected chi connectivity index (χ4v) is 3.39. The SMILES string of the molecule is CCC(NC)c1ccc(N(Cc2ccsc2)C2CC2)cn1. The van der Waals surface area contributed by atoms with Gasteiger partial charge in [-0.05, 0) is 60.8 Å². The van der Waals surface area contributed by atoms with Crippen LogP contribution in [0.1, 0.15) is 43.5 Å². The second-order valence-corrected chi connectivity index (χ2v) is 6.46. The summed E-state index contributed by atoms with van der Waals surface area (Å²) in [4.78, 5) is 7.18. The summed E-state index contributed by atoms with van der Waals surface area (Å²) >= 11 is 1.77. The van der Waals surface area contributed by atoms with Crippen molar-refractivity contribution in [3.63, 3.8) is 0 Å². The van der Waals surface area contributed by atoms with E-state index in [0.29, 0.717) is 12.1 Å². The van der Waals surface area contributed by atoms with Crippen molar-refractivity contribution in [3.8, 4) is 0 Å². The fourth-order valence-electron chi connectivity index (χ4n) is 2.73. The van der Waals surface area contributed by atoms with Crippen LogP contribution in [0, 0.1) is 0 Å². The highest BCUT2D eigenvalue weighted by atomic mass is 32.1. The molecule has 0 bridgehead atoms. The molecule has 2 heterocycles.